The summed E-state index contributed by atoms with van der Waals surface area (Å²) in [6.07, 6.45) is 0.935. The molecule has 0 aliphatic carbocycles. The van der Waals surface area contributed by atoms with Gasteiger partial charge in [0.15, 0.2) is 0 Å². The average molecular weight is 152 g/mol. The molecular weight excluding hydrogens is 140 g/mol. The van der Waals surface area contributed by atoms with Gasteiger partial charge in [-0.1, -0.05) is 13.2 Å². The molecule has 0 aromatic rings. The SMILES string of the molecule is C=C1COC2(CCOC2)C1=C. The van der Waals surface area contributed by atoms with Crippen LogP contribution in [-0.2, 0) is 9.47 Å². The van der Waals surface area contributed by atoms with Crippen molar-refractivity contribution < 1.29 is 9.47 Å². The summed E-state index contributed by atoms with van der Waals surface area (Å²) in [6, 6.07) is 0. The number of hydrogen-bond acceptors (Lipinski definition) is 2. The quantitative estimate of drug-likeness (QED) is 0.520. The summed E-state index contributed by atoms with van der Waals surface area (Å²) in [6.45, 7) is 9.91. The Morgan fingerprint density at radius 3 is 2.64 bits per heavy atom. The molecule has 60 valence electrons. The predicted octanol–water partition coefficient (Wildman–Crippen LogP) is 1.29. The fourth-order valence-electron chi connectivity index (χ4n) is 1.62. The highest BCUT2D eigenvalue weighted by molar-refractivity contribution is 5.39. The summed E-state index contributed by atoms with van der Waals surface area (Å²) >= 11 is 0. The van der Waals surface area contributed by atoms with Crippen molar-refractivity contribution in [3.63, 3.8) is 0 Å². The molecule has 2 heteroatoms. The molecule has 1 unspecified atom stereocenters. The minimum atomic E-state index is -0.197. The van der Waals surface area contributed by atoms with E-state index < -0.39 is 0 Å². The van der Waals surface area contributed by atoms with Crippen LogP contribution in [0.25, 0.3) is 0 Å². The lowest BCUT2D eigenvalue weighted by molar-refractivity contribution is 0.0177. The van der Waals surface area contributed by atoms with Crippen LogP contribution in [0.5, 0.6) is 0 Å². The second-order valence-corrected chi connectivity index (χ2v) is 3.17. The van der Waals surface area contributed by atoms with Crippen LogP contribution >= 0.6 is 0 Å². The van der Waals surface area contributed by atoms with E-state index >= 15 is 0 Å². The smallest absolute Gasteiger partial charge is 0.119 e. The normalized spacial score (nSPS) is 37.5. The second kappa shape index (κ2) is 2.19. The third kappa shape index (κ3) is 0.865. The molecule has 2 heterocycles. The van der Waals surface area contributed by atoms with E-state index in [2.05, 4.69) is 13.2 Å². The number of rotatable bonds is 0. The third-order valence-corrected chi connectivity index (χ3v) is 2.48. The molecule has 0 aromatic heterocycles. The van der Waals surface area contributed by atoms with Gasteiger partial charge in [0.25, 0.3) is 0 Å². The second-order valence-electron chi connectivity index (χ2n) is 3.17. The van der Waals surface area contributed by atoms with E-state index in [9.17, 15) is 0 Å². The fourth-order valence-corrected chi connectivity index (χ4v) is 1.62. The largest absolute Gasteiger partial charge is 0.378 e. The highest BCUT2D eigenvalue weighted by Crippen LogP contribution is 2.39. The lowest BCUT2D eigenvalue weighted by Gasteiger charge is -2.20. The summed E-state index contributed by atoms with van der Waals surface area (Å²) in [4.78, 5) is 0. The van der Waals surface area contributed by atoms with Crippen molar-refractivity contribution >= 4 is 0 Å². The van der Waals surface area contributed by atoms with Gasteiger partial charge < -0.3 is 9.47 Å². The first-order chi connectivity index (χ1) is 5.25. The summed E-state index contributed by atoms with van der Waals surface area (Å²) < 4.78 is 10.9. The molecule has 0 saturated carbocycles. The minimum Gasteiger partial charge on any atom is -0.378 e. The van der Waals surface area contributed by atoms with Crippen LogP contribution in [0.2, 0.25) is 0 Å². The van der Waals surface area contributed by atoms with Crippen LogP contribution in [0.1, 0.15) is 6.42 Å². The van der Waals surface area contributed by atoms with Gasteiger partial charge in [0.05, 0.1) is 13.2 Å². The fraction of sp³-hybridized carbons (Fsp3) is 0.556. The maximum absolute atomic E-state index is 5.60. The lowest BCUT2D eigenvalue weighted by atomic mass is 9.92. The molecule has 0 bridgehead atoms. The molecule has 2 aliphatic heterocycles. The van der Waals surface area contributed by atoms with E-state index in [0.717, 1.165) is 24.2 Å². The molecule has 0 aromatic carbocycles. The van der Waals surface area contributed by atoms with E-state index in [1.54, 1.807) is 0 Å². The van der Waals surface area contributed by atoms with Gasteiger partial charge in [0.1, 0.15) is 5.60 Å². The molecule has 2 aliphatic rings. The Bertz CT molecular complexity index is 212. The molecule has 2 nitrogen and oxygen atoms in total. The van der Waals surface area contributed by atoms with Gasteiger partial charge in [-0.05, 0) is 11.1 Å². The van der Waals surface area contributed by atoms with Gasteiger partial charge in [0.2, 0.25) is 0 Å². The summed E-state index contributed by atoms with van der Waals surface area (Å²) in [5.74, 6) is 0. The molecule has 11 heavy (non-hydrogen) atoms. The van der Waals surface area contributed by atoms with Gasteiger partial charge >= 0.3 is 0 Å². The number of hydrogen-bond donors (Lipinski definition) is 0. The average Bonchev–Trinajstić information content (AvgIpc) is 2.56. The highest BCUT2D eigenvalue weighted by atomic mass is 16.6. The minimum absolute atomic E-state index is 0.197. The predicted molar refractivity (Wildman–Crippen MR) is 42.4 cm³/mol. The Hall–Kier alpha value is -0.600. The van der Waals surface area contributed by atoms with Crippen LogP contribution in [0.3, 0.4) is 0 Å². The first kappa shape index (κ1) is 7.07. The maximum Gasteiger partial charge on any atom is 0.119 e. The van der Waals surface area contributed by atoms with E-state index in [1.807, 2.05) is 0 Å². The Morgan fingerprint density at radius 1 is 1.36 bits per heavy atom. The van der Waals surface area contributed by atoms with E-state index in [4.69, 9.17) is 9.47 Å². The van der Waals surface area contributed by atoms with Gasteiger partial charge in [-0.3, -0.25) is 0 Å². The first-order valence-corrected chi connectivity index (χ1v) is 3.84. The highest BCUT2D eigenvalue weighted by Gasteiger charge is 2.43. The summed E-state index contributed by atoms with van der Waals surface area (Å²) in [5.41, 5.74) is 1.86. The molecule has 2 rings (SSSR count). The van der Waals surface area contributed by atoms with Gasteiger partial charge in [0, 0.05) is 13.0 Å². The van der Waals surface area contributed by atoms with Gasteiger partial charge in [-0.15, -0.1) is 0 Å². The molecule has 2 saturated heterocycles. The Morgan fingerprint density at radius 2 is 2.18 bits per heavy atom. The van der Waals surface area contributed by atoms with E-state index in [0.29, 0.717) is 13.2 Å². The van der Waals surface area contributed by atoms with Gasteiger partial charge in [-0.2, -0.15) is 0 Å². The lowest BCUT2D eigenvalue weighted by Crippen LogP contribution is -2.29. The Labute approximate surface area is 66.5 Å². The van der Waals surface area contributed by atoms with Crippen molar-refractivity contribution in [2.75, 3.05) is 19.8 Å². The van der Waals surface area contributed by atoms with Crippen LogP contribution in [0, 0.1) is 0 Å². The summed E-state index contributed by atoms with van der Waals surface area (Å²) in [7, 11) is 0. The van der Waals surface area contributed by atoms with E-state index in [1.165, 1.54) is 0 Å². The van der Waals surface area contributed by atoms with E-state index in [-0.39, 0.29) is 5.60 Å². The van der Waals surface area contributed by atoms with Crippen molar-refractivity contribution in [1.29, 1.82) is 0 Å². The molecule has 0 N–H and O–H groups in total. The standard InChI is InChI=1S/C9H12O2/c1-7-5-11-9(8(7)2)3-4-10-6-9/h1-6H2. The number of ether oxygens (including phenoxy) is 2. The molecular formula is C9H12O2. The van der Waals surface area contributed by atoms with Crippen molar-refractivity contribution in [1.82, 2.24) is 0 Å². The molecule has 1 spiro atoms. The first-order valence-electron chi connectivity index (χ1n) is 3.84. The van der Waals surface area contributed by atoms with Gasteiger partial charge in [-0.25, -0.2) is 0 Å². The Kier molecular flexibility index (Phi) is 1.41. The molecule has 1 atom stereocenters. The summed E-state index contributed by atoms with van der Waals surface area (Å²) in [5, 5.41) is 0. The zero-order valence-corrected chi connectivity index (χ0v) is 6.56. The van der Waals surface area contributed by atoms with Crippen LogP contribution in [0.15, 0.2) is 24.3 Å². The van der Waals surface area contributed by atoms with Crippen LogP contribution in [0.4, 0.5) is 0 Å². The molecule has 0 radical (unpaired) electrons. The Balaban J connectivity index is 2.26. The molecule has 2 fully saturated rings. The van der Waals surface area contributed by atoms with Crippen molar-refractivity contribution in [3.05, 3.63) is 24.3 Å². The van der Waals surface area contributed by atoms with Crippen LogP contribution in [-0.4, -0.2) is 25.4 Å². The maximum atomic E-state index is 5.60. The third-order valence-electron chi connectivity index (χ3n) is 2.48. The monoisotopic (exact) mass is 152 g/mol. The topological polar surface area (TPSA) is 18.5 Å². The van der Waals surface area contributed by atoms with Crippen molar-refractivity contribution in [2.45, 2.75) is 12.0 Å². The zero-order valence-electron chi connectivity index (χ0n) is 6.56. The van der Waals surface area contributed by atoms with Crippen LogP contribution < -0.4 is 0 Å². The van der Waals surface area contributed by atoms with Crippen molar-refractivity contribution in [3.8, 4) is 0 Å². The van der Waals surface area contributed by atoms with Crippen molar-refractivity contribution in [2.24, 2.45) is 0 Å². The molecule has 0 amide bonds. The zero-order chi connectivity index (χ0) is 7.90.